The van der Waals surface area contributed by atoms with Gasteiger partial charge in [0.05, 0.1) is 11.9 Å². The second kappa shape index (κ2) is 7.01. The molecule has 0 atom stereocenters. The highest BCUT2D eigenvalue weighted by atomic mass is 32.2. The molecule has 1 amide bonds. The molecule has 25 heavy (non-hydrogen) atoms. The smallest absolute Gasteiger partial charge is 0.225 e. The first-order valence-electron chi connectivity index (χ1n) is 8.67. The molecule has 2 fully saturated rings. The lowest BCUT2D eigenvalue weighted by molar-refractivity contribution is -0.141. The molecule has 2 aliphatic heterocycles. The van der Waals surface area contributed by atoms with E-state index in [1.54, 1.807) is 11.1 Å². The van der Waals surface area contributed by atoms with Crippen LogP contribution in [0.2, 0.25) is 0 Å². The Hall–Kier alpha value is -1.51. The van der Waals surface area contributed by atoms with Crippen molar-refractivity contribution >= 4 is 15.9 Å². The Morgan fingerprint density at radius 2 is 1.84 bits per heavy atom. The van der Waals surface area contributed by atoms with E-state index in [0.717, 1.165) is 0 Å². The molecule has 138 valence electrons. The fourth-order valence-electron chi connectivity index (χ4n) is 3.68. The molecule has 0 radical (unpaired) electrons. The highest BCUT2D eigenvalue weighted by Crippen LogP contribution is 2.32. The Labute approximate surface area is 148 Å². The van der Waals surface area contributed by atoms with Crippen molar-refractivity contribution in [2.24, 2.45) is 5.92 Å². The predicted octanol–water partition coefficient (Wildman–Crippen LogP) is 0.563. The number of amides is 1. The van der Waals surface area contributed by atoms with Gasteiger partial charge in [0.1, 0.15) is 5.60 Å². The van der Waals surface area contributed by atoms with Crippen molar-refractivity contribution in [2.45, 2.75) is 31.3 Å². The lowest BCUT2D eigenvalue weighted by Gasteiger charge is -2.40. The van der Waals surface area contributed by atoms with Gasteiger partial charge in [-0.1, -0.05) is 6.07 Å². The van der Waals surface area contributed by atoms with Gasteiger partial charge < -0.3 is 10.0 Å². The van der Waals surface area contributed by atoms with E-state index >= 15 is 0 Å². The van der Waals surface area contributed by atoms with E-state index in [1.165, 1.54) is 10.6 Å². The molecular weight excluding hydrogens is 342 g/mol. The largest absolute Gasteiger partial charge is 0.383 e. The fraction of sp³-hybridized carbons (Fsp3) is 0.647. The SMILES string of the molecule is CS(=O)(=O)N1CCC(C(=O)N2CCC(O)(c3ccccn3)CC2)CC1. The van der Waals surface area contributed by atoms with Gasteiger partial charge in [-0.25, -0.2) is 12.7 Å². The summed E-state index contributed by atoms with van der Waals surface area (Å²) in [6.07, 6.45) is 4.94. The molecule has 0 saturated carbocycles. The highest BCUT2D eigenvalue weighted by Gasteiger charge is 2.38. The molecule has 7 nitrogen and oxygen atoms in total. The van der Waals surface area contributed by atoms with Crippen molar-refractivity contribution < 1.29 is 18.3 Å². The topological polar surface area (TPSA) is 90.8 Å². The summed E-state index contributed by atoms with van der Waals surface area (Å²) in [6, 6.07) is 5.49. The first kappa shape index (κ1) is 18.3. The van der Waals surface area contributed by atoms with E-state index in [-0.39, 0.29) is 11.8 Å². The molecule has 8 heteroatoms. The molecule has 1 aromatic rings. The zero-order valence-electron chi connectivity index (χ0n) is 14.5. The number of likely N-dealkylation sites (tertiary alicyclic amines) is 1. The van der Waals surface area contributed by atoms with Crippen molar-refractivity contribution in [2.75, 3.05) is 32.4 Å². The van der Waals surface area contributed by atoms with Gasteiger partial charge in [-0.05, 0) is 37.8 Å². The fourth-order valence-corrected chi connectivity index (χ4v) is 4.56. The molecule has 3 rings (SSSR count). The van der Waals surface area contributed by atoms with Gasteiger partial charge in [0, 0.05) is 38.3 Å². The normalized spacial score (nSPS) is 22.7. The molecule has 3 heterocycles. The van der Waals surface area contributed by atoms with Crippen LogP contribution in [0.15, 0.2) is 24.4 Å². The average Bonchev–Trinajstić information content (AvgIpc) is 2.62. The van der Waals surface area contributed by atoms with Crippen LogP contribution in [0.5, 0.6) is 0 Å². The molecule has 0 aromatic carbocycles. The standard InChI is InChI=1S/C17H25N3O4S/c1-25(23,24)20-10-5-14(6-11-20)16(21)19-12-7-17(22,8-13-19)15-4-2-3-9-18-15/h2-4,9,14,22H,5-8,10-13H2,1H3. The lowest BCUT2D eigenvalue weighted by atomic mass is 9.86. The Bertz CT molecular complexity index is 707. The van der Waals surface area contributed by atoms with Crippen molar-refractivity contribution in [3.8, 4) is 0 Å². The molecule has 0 aliphatic carbocycles. The maximum Gasteiger partial charge on any atom is 0.225 e. The van der Waals surface area contributed by atoms with Crippen LogP contribution in [-0.4, -0.2) is 66.1 Å². The van der Waals surface area contributed by atoms with Crippen LogP contribution < -0.4 is 0 Å². The van der Waals surface area contributed by atoms with Crippen molar-refractivity contribution in [1.82, 2.24) is 14.2 Å². The summed E-state index contributed by atoms with van der Waals surface area (Å²) in [4.78, 5) is 18.8. The minimum Gasteiger partial charge on any atom is -0.383 e. The third kappa shape index (κ3) is 4.02. The van der Waals surface area contributed by atoms with E-state index in [9.17, 15) is 18.3 Å². The summed E-state index contributed by atoms with van der Waals surface area (Å²) in [5.74, 6) is -0.0461. The van der Waals surface area contributed by atoms with E-state index in [1.807, 2.05) is 18.2 Å². The number of hydrogen-bond acceptors (Lipinski definition) is 5. The summed E-state index contributed by atoms with van der Waals surface area (Å²) in [6.45, 7) is 1.80. The quantitative estimate of drug-likeness (QED) is 0.843. The summed E-state index contributed by atoms with van der Waals surface area (Å²) in [7, 11) is -3.18. The molecular formula is C17H25N3O4S. The number of pyridine rings is 1. The average molecular weight is 367 g/mol. The van der Waals surface area contributed by atoms with E-state index < -0.39 is 15.6 Å². The molecule has 1 aromatic heterocycles. The van der Waals surface area contributed by atoms with Gasteiger partial charge in [0.2, 0.25) is 15.9 Å². The molecule has 1 N–H and O–H groups in total. The Balaban J connectivity index is 1.56. The number of carbonyl (C=O) groups excluding carboxylic acids is 1. The van der Waals surface area contributed by atoms with Crippen molar-refractivity contribution in [3.63, 3.8) is 0 Å². The van der Waals surface area contributed by atoms with Crippen LogP contribution in [0.25, 0.3) is 0 Å². The minimum absolute atomic E-state index is 0.0798. The molecule has 0 unspecified atom stereocenters. The predicted molar refractivity (Wildman–Crippen MR) is 93.1 cm³/mol. The molecule has 2 aliphatic rings. The van der Waals surface area contributed by atoms with Gasteiger partial charge in [0.15, 0.2) is 0 Å². The van der Waals surface area contributed by atoms with Crippen LogP contribution in [-0.2, 0) is 20.4 Å². The highest BCUT2D eigenvalue weighted by molar-refractivity contribution is 7.88. The number of aliphatic hydroxyl groups is 1. The molecule has 0 spiro atoms. The van der Waals surface area contributed by atoms with E-state index in [2.05, 4.69) is 4.98 Å². The van der Waals surface area contributed by atoms with Crippen LogP contribution in [0.1, 0.15) is 31.4 Å². The van der Waals surface area contributed by atoms with Gasteiger partial charge in [-0.3, -0.25) is 9.78 Å². The number of sulfonamides is 1. The van der Waals surface area contributed by atoms with E-state index in [4.69, 9.17) is 0 Å². The summed E-state index contributed by atoms with van der Waals surface area (Å²) < 4.78 is 24.6. The zero-order chi connectivity index (χ0) is 18.1. The monoisotopic (exact) mass is 367 g/mol. The second-order valence-corrected chi connectivity index (χ2v) is 8.99. The number of aromatic nitrogens is 1. The van der Waals surface area contributed by atoms with Gasteiger partial charge in [-0.2, -0.15) is 0 Å². The minimum atomic E-state index is -3.18. The van der Waals surface area contributed by atoms with Crippen molar-refractivity contribution in [3.05, 3.63) is 30.1 Å². The maximum absolute atomic E-state index is 12.7. The Morgan fingerprint density at radius 3 is 2.36 bits per heavy atom. The first-order valence-corrected chi connectivity index (χ1v) is 10.5. The lowest BCUT2D eigenvalue weighted by Crippen LogP contribution is -2.49. The number of piperidine rings is 2. The third-order valence-electron chi connectivity index (χ3n) is 5.32. The second-order valence-electron chi connectivity index (χ2n) is 7.01. The zero-order valence-corrected chi connectivity index (χ0v) is 15.3. The summed E-state index contributed by atoms with van der Waals surface area (Å²) in [5.41, 5.74) is -0.318. The number of hydrogen-bond donors (Lipinski definition) is 1. The Morgan fingerprint density at radius 1 is 1.20 bits per heavy atom. The maximum atomic E-state index is 12.7. The van der Waals surface area contributed by atoms with Crippen molar-refractivity contribution in [1.29, 1.82) is 0 Å². The summed E-state index contributed by atoms with van der Waals surface area (Å²) >= 11 is 0. The van der Waals surface area contributed by atoms with E-state index in [0.29, 0.717) is 57.6 Å². The molecule has 0 bridgehead atoms. The van der Waals surface area contributed by atoms with Gasteiger partial charge in [0.25, 0.3) is 0 Å². The Kier molecular flexibility index (Phi) is 5.13. The van der Waals surface area contributed by atoms with Gasteiger partial charge in [-0.15, -0.1) is 0 Å². The van der Waals surface area contributed by atoms with Crippen LogP contribution >= 0.6 is 0 Å². The van der Waals surface area contributed by atoms with Crippen LogP contribution in [0, 0.1) is 5.92 Å². The number of nitrogens with zero attached hydrogens (tertiary/aromatic N) is 3. The van der Waals surface area contributed by atoms with Gasteiger partial charge >= 0.3 is 0 Å². The summed E-state index contributed by atoms with van der Waals surface area (Å²) in [5, 5.41) is 10.8. The van der Waals surface area contributed by atoms with Crippen LogP contribution in [0.4, 0.5) is 0 Å². The molecule has 2 saturated heterocycles. The van der Waals surface area contributed by atoms with Crippen LogP contribution in [0.3, 0.4) is 0 Å². The first-order chi connectivity index (χ1) is 11.8. The number of rotatable bonds is 3. The number of carbonyl (C=O) groups is 1. The third-order valence-corrected chi connectivity index (χ3v) is 6.62.